The van der Waals surface area contributed by atoms with E-state index in [1.807, 2.05) is 6.07 Å². The van der Waals surface area contributed by atoms with Crippen LogP contribution >= 0.6 is 11.3 Å². The van der Waals surface area contributed by atoms with Gasteiger partial charge in [0.2, 0.25) is 0 Å². The van der Waals surface area contributed by atoms with E-state index in [-0.39, 0.29) is 11.9 Å². The fraction of sp³-hybridized carbons (Fsp3) is 0.375. The van der Waals surface area contributed by atoms with Gasteiger partial charge in [-0.15, -0.1) is 11.3 Å². The highest BCUT2D eigenvalue weighted by atomic mass is 32.1. The summed E-state index contributed by atoms with van der Waals surface area (Å²) in [5, 5.41) is 9.01. The van der Waals surface area contributed by atoms with Gasteiger partial charge < -0.3 is 15.4 Å². The molecule has 1 aliphatic heterocycles. The summed E-state index contributed by atoms with van der Waals surface area (Å²) in [5.74, 6) is -0.136. The maximum atomic E-state index is 12.2. The van der Waals surface area contributed by atoms with Crippen LogP contribution in [0.25, 0.3) is 0 Å². The number of hydrogen-bond acceptors (Lipinski definition) is 5. The number of methoxy groups -OCH3 is 1. The fourth-order valence-electron chi connectivity index (χ4n) is 2.67. The van der Waals surface area contributed by atoms with Crippen molar-refractivity contribution in [1.29, 1.82) is 0 Å². The first-order valence-corrected chi connectivity index (χ1v) is 8.18. The predicted molar refractivity (Wildman–Crippen MR) is 86.0 cm³/mol. The standard InChI is InChI=1S/C16H19N3O2S/c1-21-9-15-19-14(10-22-15)16(20)18-8-13-12-5-3-2-4-11(12)6-7-17-13/h2-5,10,13,17H,6-9H2,1H3,(H,18,20). The summed E-state index contributed by atoms with van der Waals surface area (Å²) >= 11 is 1.44. The smallest absolute Gasteiger partial charge is 0.270 e. The first kappa shape index (κ1) is 15.1. The molecular weight excluding hydrogens is 298 g/mol. The molecule has 0 bridgehead atoms. The van der Waals surface area contributed by atoms with Crippen LogP contribution in [0.5, 0.6) is 0 Å². The molecule has 1 aliphatic rings. The summed E-state index contributed by atoms with van der Waals surface area (Å²) in [5.41, 5.74) is 3.09. The summed E-state index contributed by atoms with van der Waals surface area (Å²) in [7, 11) is 1.62. The van der Waals surface area contributed by atoms with E-state index in [0.29, 0.717) is 18.8 Å². The van der Waals surface area contributed by atoms with Gasteiger partial charge in [0.1, 0.15) is 10.7 Å². The number of carbonyl (C=O) groups is 1. The molecule has 116 valence electrons. The number of carbonyl (C=O) groups excluding carboxylic acids is 1. The SMILES string of the molecule is COCc1nc(C(=O)NCC2NCCc3ccccc32)cs1. The molecule has 0 aliphatic carbocycles. The summed E-state index contributed by atoms with van der Waals surface area (Å²) in [6, 6.07) is 8.54. The maximum absolute atomic E-state index is 12.2. The van der Waals surface area contributed by atoms with E-state index in [1.54, 1.807) is 12.5 Å². The Labute approximate surface area is 133 Å². The number of rotatable bonds is 5. The van der Waals surface area contributed by atoms with E-state index >= 15 is 0 Å². The second kappa shape index (κ2) is 7.00. The van der Waals surface area contributed by atoms with Crippen LogP contribution in [0.1, 0.15) is 32.7 Å². The van der Waals surface area contributed by atoms with Crippen LogP contribution in [-0.4, -0.2) is 31.1 Å². The molecule has 6 heteroatoms. The predicted octanol–water partition coefficient (Wildman–Crippen LogP) is 1.91. The number of nitrogens with zero attached hydrogens (tertiary/aromatic N) is 1. The van der Waals surface area contributed by atoms with Gasteiger partial charge in [-0.2, -0.15) is 0 Å². The Morgan fingerprint density at radius 2 is 2.36 bits per heavy atom. The van der Waals surface area contributed by atoms with Gasteiger partial charge in [0.05, 0.1) is 6.61 Å². The number of aromatic nitrogens is 1. The molecule has 0 spiro atoms. The molecule has 2 N–H and O–H groups in total. The molecule has 0 saturated carbocycles. The average molecular weight is 317 g/mol. The molecule has 2 aromatic rings. The minimum Gasteiger partial charge on any atom is -0.378 e. The monoisotopic (exact) mass is 317 g/mol. The third-order valence-corrected chi connectivity index (χ3v) is 4.56. The topological polar surface area (TPSA) is 63.2 Å². The first-order chi connectivity index (χ1) is 10.8. The highest BCUT2D eigenvalue weighted by Crippen LogP contribution is 2.22. The average Bonchev–Trinajstić information content (AvgIpc) is 3.02. The van der Waals surface area contributed by atoms with Crippen molar-refractivity contribution >= 4 is 17.2 Å². The molecule has 5 nitrogen and oxygen atoms in total. The van der Waals surface area contributed by atoms with E-state index in [2.05, 4.69) is 33.8 Å². The molecule has 1 aromatic heterocycles. The van der Waals surface area contributed by atoms with Crippen molar-refractivity contribution in [2.45, 2.75) is 19.1 Å². The molecule has 1 amide bonds. The Balaban J connectivity index is 1.61. The molecule has 0 radical (unpaired) electrons. The number of ether oxygens (including phenoxy) is 1. The quantitative estimate of drug-likeness (QED) is 0.884. The van der Waals surface area contributed by atoms with Crippen LogP contribution < -0.4 is 10.6 Å². The van der Waals surface area contributed by atoms with Gasteiger partial charge in [-0.25, -0.2) is 4.98 Å². The zero-order valence-electron chi connectivity index (χ0n) is 12.5. The van der Waals surface area contributed by atoms with Crippen LogP contribution in [-0.2, 0) is 17.8 Å². The first-order valence-electron chi connectivity index (χ1n) is 7.30. The van der Waals surface area contributed by atoms with E-state index in [1.165, 1.54) is 22.5 Å². The number of hydrogen-bond donors (Lipinski definition) is 2. The Kier molecular flexibility index (Phi) is 4.82. The van der Waals surface area contributed by atoms with Crippen LogP contribution in [0.15, 0.2) is 29.6 Å². The molecule has 3 rings (SSSR count). The van der Waals surface area contributed by atoms with Crippen molar-refractivity contribution in [3.63, 3.8) is 0 Å². The van der Waals surface area contributed by atoms with Crippen molar-refractivity contribution in [2.75, 3.05) is 20.2 Å². The third-order valence-electron chi connectivity index (χ3n) is 3.73. The molecule has 1 aromatic carbocycles. The second-order valence-corrected chi connectivity index (χ2v) is 6.17. The van der Waals surface area contributed by atoms with Crippen molar-refractivity contribution < 1.29 is 9.53 Å². The Morgan fingerprint density at radius 3 is 3.23 bits per heavy atom. The van der Waals surface area contributed by atoms with Gasteiger partial charge in [0.25, 0.3) is 5.91 Å². The van der Waals surface area contributed by atoms with Gasteiger partial charge in [-0.05, 0) is 24.1 Å². The highest BCUT2D eigenvalue weighted by molar-refractivity contribution is 7.09. The van der Waals surface area contributed by atoms with E-state index in [9.17, 15) is 4.79 Å². The molecule has 2 heterocycles. The molecule has 1 atom stereocenters. The van der Waals surface area contributed by atoms with Gasteiger partial charge >= 0.3 is 0 Å². The van der Waals surface area contributed by atoms with Crippen molar-refractivity contribution in [1.82, 2.24) is 15.6 Å². The molecule has 0 fully saturated rings. The molecule has 22 heavy (non-hydrogen) atoms. The van der Waals surface area contributed by atoms with Crippen molar-refractivity contribution in [2.24, 2.45) is 0 Å². The molecular formula is C16H19N3O2S. The lowest BCUT2D eigenvalue weighted by Gasteiger charge is -2.27. The van der Waals surface area contributed by atoms with Gasteiger partial charge in [0, 0.05) is 25.1 Å². The second-order valence-electron chi connectivity index (χ2n) is 5.23. The van der Waals surface area contributed by atoms with Gasteiger partial charge in [0.15, 0.2) is 0 Å². The maximum Gasteiger partial charge on any atom is 0.270 e. The van der Waals surface area contributed by atoms with Crippen LogP contribution in [0.2, 0.25) is 0 Å². The summed E-state index contributed by atoms with van der Waals surface area (Å²) in [4.78, 5) is 16.5. The van der Waals surface area contributed by atoms with Crippen LogP contribution in [0, 0.1) is 0 Å². The number of amides is 1. The van der Waals surface area contributed by atoms with E-state index in [0.717, 1.165) is 18.0 Å². The third kappa shape index (κ3) is 3.35. The highest BCUT2D eigenvalue weighted by Gasteiger charge is 2.20. The Bertz CT molecular complexity index is 656. The Morgan fingerprint density at radius 1 is 1.50 bits per heavy atom. The molecule has 1 unspecified atom stereocenters. The summed E-state index contributed by atoms with van der Waals surface area (Å²) in [6.07, 6.45) is 1.03. The minimum absolute atomic E-state index is 0.136. The zero-order chi connectivity index (χ0) is 15.4. The van der Waals surface area contributed by atoms with Gasteiger partial charge in [-0.1, -0.05) is 24.3 Å². The lowest BCUT2D eigenvalue weighted by molar-refractivity contribution is 0.0944. The normalized spacial score (nSPS) is 17.0. The lowest BCUT2D eigenvalue weighted by Crippen LogP contribution is -2.38. The van der Waals surface area contributed by atoms with Crippen LogP contribution in [0.3, 0.4) is 0 Å². The number of benzene rings is 1. The minimum atomic E-state index is -0.136. The molecule has 0 saturated heterocycles. The van der Waals surface area contributed by atoms with Gasteiger partial charge in [-0.3, -0.25) is 4.79 Å². The summed E-state index contributed by atoms with van der Waals surface area (Å²) < 4.78 is 5.02. The van der Waals surface area contributed by atoms with Crippen molar-refractivity contribution in [3.05, 3.63) is 51.5 Å². The zero-order valence-corrected chi connectivity index (χ0v) is 13.3. The summed E-state index contributed by atoms with van der Waals surface area (Å²) in [6.45, 7) is 1.94. The number of thiazole rings is 1. The largest absolute Gasteiger partial charge is 0.378 e. The van der Waals surface area contributed by atoms with Crippen molar-refractivity contribution in [3.8, 4) is 0 Å². The van der Waals surface area contributed by atoms with Crippen LogP contribution in [0.4, 0.5) is 0 Å². The van der Waals surface area contributed by atoms with E-state index in [4.69, 9.17) is 4.74 Å². The van der Waals surface area contributed by atoms with E-state index < -0.39 is 0 Å². The lowest BCUT2D eigenvalue weighted by atomic mass is 9.94. The fourth-order valence-corrected chi connectivity index (χ4v) is 3.41. The Hall–Kier alpha value is -1.76. The number of fused-ring (bicyclic) bond motifs is 1. The number of nitrogens with one attached hydrogen (secondary N) is 2.